The van der Waals surface area contributed by atoms with Gasteiger partial charge < -0.3 is 4.90 Å². The second-order valence-corrected chi connectivity index (χ2v) is 3.57. The minimum atomic E-state index is 0.385. The maximum Gasteiger partial charge on any atom is -0.0256 e. The number of nitrogens with zero attached hydrogens (tertiary/aromatic N) is 1. The number of rotatable bonds is 1. The quantitative estimate of drug-likeness (QED) is 0.469. The van der Waals surface area contributed by atoms with Crippen LogP contribution in [0.5, 0.6) is 0 Å². The topological polar surface area (TPSA) is 3.24 Å². The molecule has 0 aromatic heterocycles. The summed E-state index contributed by atoms with van der Waals surface area (Å²) in [4.78, 5) is 1.96. The minimum absolute atomic E-state index is 0.385. The highest BCUT2D eigenvalue weighted by molar-refractivity contribution is 4.64. The maximum atomic E-state index is 3.76. The molecule has 0 rings (SSSR count). The molecule has 0 heterocycles. The molecule has 0 N–H and O–H groups in total. The first kappa shape index (κ1) is 7.96. The molecule has 8 heavy (non-hydrogen) atoms. The molecule has 0 aromatic carbocycles. The molecule has 0 aromatic rings. The van der Waals surface area contributed by atoms with Gasteiger partial charge in [-0.3, -0.25) is 7.05 Å². The predicted octanol–water partition coefficient (Wildman–Crippen LogP) is 1.76. The van der Waals surface area contributed by atoms with Crippen molar-refractivity contribution in [1.29, 1.82) is 0 Å². The smallest absolute Gasteiger partial charge is 0.0256 e. The van der Waals surface area contributed by atoms with Crippen molar-refractivity contribution in [2.75, 3.05) is 13.6 Å². The van der Waals surface area contributed by atoms with Crippen LogP contribution in [0.4, 0.5) is 0 Å². The van der Waals surface area contributed by atoms with E-state index in [1.54, 1.807) is 0 Å². The van der Waals surface area contributed by atoms with Gasteiger partial charge in [0.1, 0.15) is 0 Å². The van der Waals surface area contributed by atoms with E-state index in [9.17, 15) is 0 Å². The number of hydrogen-bond acceptors (Lipinski definition) is 1. The van der Waals surface area contributed by atoms with Crippen molar-refractivity contribution in [2.24, 2.45) is 5.41 Å². The van der Waals surface area contributed by atoms with E-state index in [2.05, 4.69) is 27.8 Å². The molecular weight excluding hydrogens is 98.1 g/mol. The molecule has 0 amide bonds. The molecule has 0 radical (unpaired) electrons. The summed E-state index contributed by atoms with van der Waals surface area (Å²) in [6.07, 6.45) is 0. The second-order valence-electron chi connectivity index (χ2n) is 3.57. The summed E-state index contributed by atoms with van der Waals surface area (Å²) < 4.78 is 0. The van der Waals surface area contributed by atoms with Crippen molar-refractivity contribution in [3.63, 3.8) is 0 Å². The molecule has 0 spiro atoms. The lowest BCUT2D eigenvalue weighted by Gasteiger charge is -2.28. The summed E-state index contributed by atoms with van der Waals surface area (Å²) in [5.41, 5.74) is 0.385. The Morgan fingerprint density at radius 1 is 1.38 bits per heavy atom. The first-order valence-corrected chi connectivity index (χ1v) is 2.93. The molecule has 0 aliphatic heterocycles. The van der Waals surface area contributed by atoms with Gasteiger partial charge in [-0.2, -0.15) is 0 Å². The molecule has 1 heteroatoms. The molecule has 0 saturated carbocycles. The van der Waals surface area contributed by atoms with Gasteiger partial charge in [-0.05, 0) is 19.0 Å². The van der Waals surface area contributed by atoms with Crippen LogP contribution in [0, 0.1) is 12.5 Å². The average Bonchev–Trinajstić information content (AvgIpc) is 1.21. The Bertz CT molecular complexity index is 59.3. The highest BCUT2D eigenvalue weighted by Gasteiger charge is 2.07. The molecule has 0 fully saturated rings. The maximum absolute atomic E-state index is 3.76. The monoisotopic (exact) mass is 114 g/mol. The third-order valence-corrected chi connectivity index (χ3v) is 0.744. The largest absolute Gasteiger partial charge is 0.461 e. The second kappa shape index (κ2) is 2.49. The van der Waals surface area contributed by atoms with Crippen molar-refractivity contribution < 1.29 is 0 Å². The zero-order valence-corrected chi connectivity index (χ0v) is 6.36. The van der Waals surface area contributed by atoms with Crippen molar-refractivity contribution in [3.8, 4) is 0 Å². The predicted molar refractivity (Wildman–Crippen MR) is 37.4 cm³/mol. The van der Waals surface area contributed by atoms with Crippen LogP contribution in [0.25, 0.3) is 0 Å². The summed E-state index contributed by atoms with van der Waals surface area (Å²) in [5, 5.41) is 0. The Hall–Kier alpha value is -0.0400. The Balaban J connectivity index is 3.39. The molecule has 0 saturated heterocycles. The van der Waals surface area contributed by atoms with Crippen LogP contribution in [-0.4, -0.2) is 18.5 Å². The Labute approximate surface area is 52.7 Å². The van der Waals surface area contributed by atoms with Gasteiger partial charge in [0, 0.05) is 0 Å². The summed E-state index contributed by atoms with van der Waals surface area (Å²) in [6, 6.07) is 0. The summed E-state index contributed by atoms with van der Waals surface area (Å²) in [6.45, 7) is 7.66. The fourth-order valence-electron chi connectivity index (χ4n) is 0.810. The van der Waals surface area contributed by atoms with Crippen molar-refractivity contribution in [1.82, 2.24) is 4.90 Å². The lowest BCUT2D eigenvalue weighted by Crippen LogP contribution is -2.23. The summed E-state index contributed by atoms with van der Waals surface area (Å²) >= 11 is 0. The van der Waals surface area contributed by atoms with Gasteiger partial charge in [0.2, 0.25) is 0 Å². The van der Waals surface area contributed by atoms with Gasteiger partial charge in [-0.25, -0.2) is 0 Å². The minimum Gasteiger partial charge on any atom is -0.461 e. The number of hydrogen-bond donors (Lipinski definition) is 0. The van der Waals surface area contributed by atoms with Gasteiger partial charge in [0.15, 0.2) is 0 Å². The molecule has 0 aliphatic rings. The van der Waals surface area contributed by atoms with E-state index in [0.29, 0.717) is 5.41 Å². The Morgan fingerprint density at radius 3 is 1.75 bits per heavy atom. The Kier molecular flexibility index (Phi) is 2.48. The molecule has 0 atom stereocenters. The van der Waals surface area contributed by atoms with E-state index < -0.39 is 0 Å². The standard InChI is InChI=1S/C7H16N/c1-7(2,3)6-8(4)5/h4,6H2,1-3,5H3/q-1. The normalized spacial score (nSPS) is 12.8. The van der Waals surface area contributed by atoms with Crippen molar-refractivity contribution in [3.05, 3.63) is 7.05 Å². The van der Waals surface area contributed by atoms with Crippen LogP contribution in [0.3, 0.4) is 0 Å². The Morgan fingerprint density at radius 2 is 1.75 bits per heavy atom. The van der Waals surface area contributed by atoms with Gasteiger partial charge in [0.05, 0.1) is 0 Å². The van der Waals surface area contributed by atoms with E-state index in [1.807, 2.05) is 11.9 Å². The van der Waals surface area contributed by atoms with E-state index in [4.69, 9.17) is 0 Å². The van der Waals surface area contributed by atoms with Gasteiger partial charge in [0.25, 0.3) is 0 Å². The van der Waals surface area contributed by atoms with Crippen LogP contribution >= 0.6 is 0 Å². The average molecular weight is 114 g/mol. The van der Waals surface area contributed by atoms with Crippen LogP contribution in [0.2, 0.25) is 0 Å². The molecule has 0 unspecified atom stereocenters. The summed E-state index contributed by atoms with van der Waals surface area (Å²) in [7, 11) is 5.75. The first-order chi connectivity index (χ1) is 3.42. The van der Waals surface area contributed by atoms with Crippen LogP contribution in [0.1, 0.15) is 20.8 Å². The molecule has 50 valence electrons. The third-order valence-electron chi connectivity index (χ3n) is 0.744. The van der Waals surface area contributed by atoms with E-state index in [0.717, 1.165) is 6.54 Å². The van der Waals surface area contributed by atoms with Crippen LogP contribution in [0.15, 0.2) is 0 Å². The lowest BCUT2D eigenvalue weighted by molar-refractivity contribution is 0.282. The van der Waals surface area contributed by atoms with Gasteiger partial charge >= 0.3 is 0 Å². The van der Waals surface area contributed by atoms with Crippen LogP contribution in [-0.2, 0) is 0 Å². The summed E-state index contributed by atoms with van der Waals surface area (Å²) in [5.74, 6) is 0. The van der Waals surface area contributed by atoms with Gasteiger partial charge in [-0.1, -0.05) is 20.8 Å². The highest BCUT2D eigenvalue weighted by atomic mass is 15.1. The van der Waals surface area contributed by atoms with E-state index >= 15 is 0 Å². The molecule has 0 bridgehead atoms. The van der Waals surface area contributed by atoms with Gasteiger partial charge in [-0.15, -0.1) is 0 Å². The van der Waals surface area contributed by atoms with Crippen LogP contribution < -0.4 is 0 Å². The van der Waals surface area contributed by atoms with E-state index in [-0.39, 0.29) is 0 Å². The zero-order valence-electron chi connectivity index (χ0n) is 6.36. The fourth-order valence-corrected chi connectivity index (χ4v) is 0.810. The lowest BCUT2D eigenvalue weighted by atomic mass is 9.97. The SMILES string of the molecule is [CH2-]N(C)CC(C)(C)C. The first-order valence-electron chi connectivity index (χ1n) is 2.93. The van der Waals surface area contributed by atoms with E-state index in [1.165, 1.54) is 0 Å². The van der Waals surface area contributed by atoms with Crippen molar-refractivity contribution in [2.45, 2.75) is 20.8 Å². The third kappa shape index (κ3) is 5.96. The molecule has 1 nitrogen and oxygen atoms in total. The molecule has 0 aliphatic carbocycles. The zero-order chi connectivity index (χ0) is 6.78. The fraction of sp³-hybridized carbons (Fsp3) is 0.857. The molecular formula is C7H16N-. The van der Waals surface area contributed by atoms with Crippen molar-refractivity contribution >= 4 is 0 Å². The highest BCUT2D eigenvalue weighted by Crippen LogP contribution is 2.12.